The third-order valence-electron chi connectivity index (χ3n) is 2.07. The lowest BCUT2D eigenvalue weighted by Crippen LogP contribution is -2.33. The van der Waals surface area contributed by atoms with Gasteiger partial charge in [0, 0.05) is 23.0 Å². The first-order chi connectivity index (χ1) is 6.29. The standard InChI is InChI=1S/C9H11NO2S.ClH/c10-7-3-6-4-8(13-11)1-2-9(6)12-5-7;/h1-2,4,7,11H,3,5,10H2;1H. The molecule has 1 aliphatic heterocycles. The Kier molecular flexibility index (Phi) is 4.07. The molecular formula is C9H12ClNO2S. The molecular weight excluding hydrogens is 222 g/mol. The maximum Gasteiger partial charge on any atom is 0.122 e. The molecule has 1 heterocycles. The Balaban J connectivity index is 0.000000980. The number of benzene rings is 1. The predicted molar refractivity (Wildman–Crippen MR) is 59.4 cm³/mol. The normalized spacial score (nSPS) is 19.1. The van der Waals surface area contributed by atoms with Crippen LogP contribution in [0.1, 0.15) is 5.56 Å². The summed E-state index contributed by atoms with van der Waals surface area (Å²) in [5.41, 5.74) is 6.83. The highest BCUT2D eigenvalue weighted by molar-refractivity contribution is 7.93. The van der Waals surface area contributed by atoms with Crippen molar-refractivity contribution in [3.63, 3.8) is 0 Å². The van der Waals surface area contributed by atoms with Crippen LogP contribution in [0.15, 0.2) is 23.1 Å². The molecule has 0 radical (unpaired) electrons. The largest absolute Gasteiger partial charge is 0.492 e. The lowest BCUT2D eigenvalue weighted by atomic mass is 10.0. The average molecular weight is 234 g/mol. The van der Waals surface area contributed by atoms with E-state index in [0.717, 1.165) is 34.7 Å². The Morgan fingerprint density at radius 3 is 3.00 bits per heavy atom. The van der Waals surface area contributed by atoms with Crippen LogP contribution in [-0.2, 0) is 6.42 Å². The summed E-state index contributed by atoms with van der Waals surface area (Å²) in [7, 11) is 0. The molecule has 0 spiro atoms. The number of ether oxygens (including phenoxy) is 1. The van der Waals surface area contributed by atoms with E-state index in [1.54, 1.807) is 0 Å². The van der Waals surface area contributed by atoms with E-state index in [9.17, 15) is 0 Å². The van der Waals surface area contributed by atoms with Crippen LogP contribution in [0.4, 0.5) is 0 Å². The van der Waals surface area contributed by atoms with Crippen LogP contribution in [0.5, 0.6) is 5.75 Å². The molecule has 2 rings (SSSR count). The maximum atomic E-state index is 8.85. The molecule has 14 heavy (non-hydrogen) atoms. The van der Waals surface area contributed by atoms with Gasteiger partial charge in [0.2, 0.25) is 0 Å². The van der Waals surface area contributed by atoms with Gasteiger partial charge in [0.05, 0.1) is 0 Å². The molecule has 0 aliphatic carbocycles. The lowest BCUT2D eigenvalue weighted by Gasteiger charge is -2.22. The maximum absolute atomic E-state index is 8.85. The van der Waals surface area contributed by atoms with E-state index >= 15 is 0 Å². The summed E-state index contributed by atoms with van der Waals surface area (Å²) in [4.78, 5) is 0.830. The van der Waals surface area contributed by atoms with E-state index in [1.165, 1.54) is 0 Å². The van der Waals surface area contributed by atoms with Gasteiger partial charge in [-0.3, -0.25) is 0 Å². The molecule has 1 atom stereocenters. The SMILES string of the molecule is Cl.NC1COc2ccc(SO)cc2C1. The first-order valence-electron chi connectivity index (χ1n) is 4.12. The minimum Gasteiger partial charge on any atom is -0.492 e. The summed E-state index contributed by atoms with van der Waals surface area (Å²) in [6.07, 6.45) is 0.823. The van der Waals surface area contributed by atoms with Crippen LogP contribution >= 0.6 is 24.4 Å². The molecule has 0 aromatic heterocycles. The zero-order valence-electron chi connectivity index (χ0n) is 7.47. The zero-order chi connectivity index (χ0) is 9.26. The molecule has 0 bridgehead atoms. The van der Waals surface area contributed by atoms with Crippen molar-refractivity contribution in [1.82, 2.24) is 0 Å². The van der Waals surface area contributed by atoms with Crippen molar-refractivity contribution in [2.45, 2.75) is 17.4 Å². The van der Waals surface area contributed by atoms with Gasteiger partial charge in [0.25, 0.3) is 0 Å². The Morgan fingerprint density at radius 2 is 2.29 bits per heavy atom. The smallest absolute Gasteiger partial charge is 0.122 e. The van der Waals surface area contributed by atoms with Crippen LogP contribution in [-0.4, -0.2) is 17.2 Å². The molecule has 3 nitrogen and oxygen atoms in total. The van der Waals surface area contributed by atoms with E-state index in [-0.39, 0.29) is 18.4 Å². The van der Waals surface area contributed by atoms with Crippen molar-refractivity contribution in [2.75, 3.05) is 6.61 Å². The van der Waals surface area contributed by atoms with Crippen LogP contribution in [0.3, 0.4) is 0 Å². The van der Waals surface area contributed by atoms with Gasteiger partial charge < -0.3 is 15.0 Å². The van der Waals surface area contributed by atoms with Crippen molar-refractivity contribution in [1.29, 1.82) is 0 Å². The highest BCUT2D eigenvalue weighted by Gasteiger charge is 2.16. The van der Waals surface area contributed by atoms with E-state index in [1.807, 2.05) is 18.2 Å². The van der Waals surface area contributed by atoms with E-state index in [2.05, 4.69) is 0 Å². The van der Waals surface area contributed by atoms with Crippen LogP contribution < -0.4 is 10.5 Å². The van der Waals surface area contributed by atoms with Crippen molar-refractivity contribution in [3.05, 3.63) is 23.8 Å². The van der Waals surface area contributed by atoms with Crippen LogP contribution in [0, 0.1) is 0 Å². The first-order valence-corrected chi connectivity index (χ1v) is 4.89. The van der Waals surface area contributed by atoms with Gasteiger partial charge in [-0.25, -0.2) is 0 Å². The number of hydrogen-bond donors (Lipinski definition) is 2. The minimum absolute atomic E-state index is 0. The van der Waals surface area contributed by atoms with Crippen molar-refractivity contribution >= 4 is 24.4 Å². The van der Waals surface area contributed by atoms with Crippen molar-refractivity contribution < 1.29 is 9.29 Å². The Labute approximate surface area is 93.3 Å². The van der Waals surface area contributed by atoms with Gasteiger partial charge in [-0.05, 0) is 30.2 Å². The number of hydrogen-bond acceptors (Lipinski definition) is 4. The second-order valence-electron chi connectivity index (χ2n) is 3.14. The second kappa shape index (κ2) is 4.89. The summed E-state index contributed by atoms with van der Waals surface area (Å²) in [5.74, 6) is 0.888. The van der Waals surface area contributed by atoms with E-state index < -0.39 is 0 Å². The van der Waals surface area contributed by atoms with Gasteiger partial charge in [-0.1, -0.05) is 0 Å². The summed E-state index contributed by atoms with van der Waals surface area (Å²) in [6.45, 7) is 0.582. The molecule has 0 amide bonds. The highest BCUT2D eigenvalue weighted by atomic mass is 35.5. The van der Waals surface area contributed by atoms with Gasteiger partial charge >= 0.3 is 0 Å². The number of halogens is 1. The summed E-state index contributed by atoms with van der Waals surface area (Å²) in [6, 6.07) is 5.70. The molecule has 78 valence electrons. The molecule has 0 saturated heterocycles. The fourth-order valence-corrected chi connectivity index (χ4v) is 1.78. The average Bonchev–Trinajstić information content (AvgIpc) is 2.16. The summed E-state index contributed by atoms with van der Waals surface area (Å²) >= 11 is 0.746. The topological polar surface area (TPSA) is 55.5 Å². The summed E-state index contributed by atoms with van der Waals surface area (Å²) < 4.78 is 14.3. The molecule has 1 unspecified atom stereocenters. The fourth-order valence-electron chi connectivity index (χ4n) is 1.45. The monoisotopic (exact) mass is 233 g/mol. The molecule has 1 aromatic rings. The predicted octanol–water partition coefficient (Wildman–Crippen LogP) is 1.94. The Hall–Kier alpha value is -0.420. The molecule has 5 heteroatoms. The van der Waals surface area contributed by atoms with Crippen LogP contribution in [0.25, 0.3) is 0 Å². The Bertz CT molecular complexity index is 322. The van der Waals surface area contributed by atoms with Crippen LogP contribution in [0.2, 0.25) is 0 Å². The third-order valence-corrected chi connectivity index (χ3v) is 2.54. The minimum atomic E-state index is 0. The van der Waals surface area contributed by atoms with E-state index in [0.29, 0.717) is 6.61 Å². The molecule has 1 aliphatic rings. The molecule has 0 saturated carbocycles. The van der Waals surface area contributed by atoms with E-state index in [4.69, 9.17) is 15.0 Å². The second-order valence-corrected chi connectivity index (χ2v) is 3.79. The fraction of sp³-hybridized carbons (Fsp3) is 0.333. The number of nitrogens with two attached hydrogens (primary N) is 1. The Morgan fingerprint density at radius 1 is 1.50 bits per heavy atom. The highest BCUT2D eigenvalue weighted by Crippen LogP contribution is 2.28. The first kappa shape index (κ1) is 11.7. The third kappa shape index (κ3) is 2.33. The quantitative estimate of drug-likeness (QED) is 0.728. The van der Waals surface area contributed by atoms with Gasteiger partial charge in [-0.2, -0.15) is 0 Å². The molecule has 3 N–H and O–H groups in total. The van der Waals surface area contributed by atoms with Crippen molar-refractivity contribution in [3.8, 4) is 5.75 Å². The van der Waals surface area contributed by atoms with Gasteiger partial charge in [0.15, 0.2) is 0 Å². The van der Waals surface area contributed by atoms with Gasteiger partial charge in [0.1, 0.15) is 12.4 Å². The number of rotatable bonds is 1. The van der Waals surface area contributed by atoms with Crippen molar-refractivity contribution in [2.24, 2.45) is 5.73 Å². The molecule has 1 aromatic carbocycles. The lowest BCUT2D eigenvalue weighted by molar-refractivity contribution is 0.263. The summed E-state index contributed by atoms with van der Waals surface area (Å²) in [5, 5.41) is 0. The zero-order valence-corrected chi connectivity index (χ0v) is 9.11. The molecule has 0 fully saturated rings. The number of fused-ring (bicyclic) bond motifs is 1. The van der Waals surface area contributed by atoms with Gasteiger partial charge in [-0.15, -0.1) is 12.4 Å².